The summed E-state index contributed by atoms with van der Waals surface area (Å²) in [6.07, 6.45) is 0. The molecule has 0 atom stereocenters. The van der Waals surface area contributed by atoms with E-state index in [1.807, 2.05) is 66.7 Å². The number of carbonyl (C=O) groups excluding carboxylic acids is 1. The van der Waals surface area contributed by atoms with Crippen LogP contribution in [0.4, 0.5) is 17.6 Å². The summed E-state index contributed by atoms with van der Waals surface area (Å²) in [5, 5.41) is 9.26. The van der Waals surface area contributed by atoms with E-state index in [0.29, 0.717) is 5.56 Å². The molecule has 4 aromatic rings. The molecule has 3 aromatic carbocycles. The normalized spacial score (nSPS) is 10.7. The molecule has 122 valence electrons. The third-order valence-corrected chi connectivity index (χ3v) is 3.85. The Kier molecular flexibility index (Phi) is 3.63. The first-order valence-corrected chi connectivity index (χ1v) is 7.79. The summed E-state index contributed by atoms with van der Waals surface area (Å²) in [6.45, 7) is 0. The van der Waals surface area contributed by atoms with Crippen molar-refractivity contribution in [1.29, 1.82) is 0 Å². The Morgan fingerprint density at radius 3 is 2.44 bits per heavy atom. The van der Waals surface area contributed by atoms with E-state index in [-0.39, 0.29) is 17.8 Å². The Hall–Kier alpha value is -3.67. The van der Waals surface area contributed by atoms with Gasteiger partial charge < -0.3 is 11.1 Å². The van der Waals surface area contributed by atoms with Gasteiger partial charge in [0, 0.05) is 11.3 Å². The number of nitrogens with two attached hydrogens (primary N) is 1. The molecule has 6 nitrogen and oxygen atoms in total. The molecule has 0 aliphatic heterocycles. The molecular formula is C19H15N5O. The van der Waals surface area contributed by atoms with E-state index in [2.05, 4.69) is 15.4 Å². The summed E-state index contributed by atoms with van der Waals surface area (Å²) in [6, 6.07) is 22.8. The van der Waals surface area contributed by atoms with Crippen LogP contribution in [0.1, 0.15) is 10.4 Å². The number of nitrogens with one attached hydrogen (secondary N) is 1. The van der Waals surface area contributed by atoms with Gasteiger partial charge in [-0.25, -0.2) is 0 Å². The van der Waals surface area contributed by atoms with E-state index in [1.54, 1.807) is 6.07 Å². The Labute approximate surface area is 143 Å². The first kappa shape index (κ1) is 14.9. The van der Waals surface area contributed by atoms with Gasteiger partial charge in [0.25, 0.3) is 5.91 Å². The van der Waals surface area contributed by atoms with Gasteiger partial charge in [0.1, 0.15) is 0 Å². The van der Waals surface area contributed by atoms with Crippen molar-refractivity contribution in [2.24, 2.45) is 0 Å². The summed E-state index contributed by atoms with van der Waals surface area (Å²) in [7, 11) is 0. The van der Waals surface area contributed by atoms with E-state index in [4.69, 9.17) is 5.73 Å². The molecule has 0 radical (unpaired) electrons. The van der Waals surface area contributed by atoms with Crippen molar-refractivity contribution >= 4 is 34.3 Å². The maximum absolute atomic E-state index is 12.7. The number of nitrogen functional groups attached to an aromatic ring is 1. The van der Waals surface area contributed by atoms with Crippen LogP contribution in [0.5, 0.6) is 0 Å². The average molecular weight is 329 g/mol. The molecule has 3 N–H and O–H groups in total. The summed E-state index contributed by atoms with van der Waals surface area (Å²) in [4.78, 5) is 16.8. The average Bonchev–Trinajstić information content (AvgIpc) is 3.01. The Morgan fingerprint density at radius 2 is 1.64 bits per heavy atom. The number of aromatic nitrogens is 3. The van der Waals surface area contributed by atoms with Gasteiger partial charge in [-0.2, -0.15) is 9.67 Å². The standard InChI is InChI=1S/C19H15N5O/c20-18-22-19(21-16-8-2-1-3-9-16)23-24(18)17(25)15-11-10-13-6-4-5-7-14(13)12-15/h1-12H,(H3,20,21,22,23). The Bertz CT molecular complexity index is 1060. The highest BCUT2D eigenvalue weighted by atomic mass is 16.2. The van der Waals surface area contributed by atoms with E-state index >= 15 is 0 Å². The first-order chi connectivity index (χ1) is 12.2. The third-order valence-electron chi connectivity index (χ3n) is 3.85. The number of fused-ring (bicyclic) bond motifs is 1. The molecule has 1 heterocycles. The molecular weight excluding hydrogens is 314 g/mol. The van der Waals surface area contributed by atoms with Crippen LogP contribution < -0.4 is 11.1 Å². The van der Waals surface area contributed by atoms with Crippen molar-refractivity contribution in [2.45, 2.75) is 0 Å². The molecule has 0 aliphatic carbocycles. The minimum atomic E-state index is -0.322. The molecule has 0 bridgehead atoms. The van der Waals surface area contributed by atoms with Crippen LogP contribution in [0.15, 0.2) is 72.8 Å². The quantitative estimate of drug-likeness (QED) is 0.601. The number of anilines is 3. The lowest BCUT2D eigenvalue weighted by molar-refractivity contribution is 0.0948. The van der Waals surface area contributed by atoms with Gasteiger partial charge in [-0.1, -0.05) is 48.5 Å². The van der Waals surface area contributed by atoms with Gasteiger partial charge >= 0.3 is 0 Å². The second-order valence-electron chi connectivity index (χ2n) is 5.56. The number of rotatable bonds is 3. The van der Waals surface area contributed by atoms with E-state index in [0.717, 1.165) is 21.1 Å². The molecule has 0 unspecified atom stereocenters. The maximum atomic E-state index is 12.7. The summed E-state index contributed by atoms with van der Waals surface area (Å²) >= 11 is 0. The molecule has 0 aliphatic rings. The first-order valence-electron chi connectivity index (χ1n) is 7.79. The largest absolute Gasteiger partial charge is 0.368 e. The minimum Gasteiger partial charge on any atom is -0.368 e. The fourth-order valence-electron chi connectivity index (χ4n) is 2.62. The van der Waals surface area contributed by atoms with Crippen molar-refractivity contribution in [3.05, 3.63) is 78.4 Å². The molecule has 4 rings (SSSR count). The zero-order valence-electron chi connectivity index (χ0n) is 13.3. The highest BCUT2D eigenvalue weighted by molar-refractivity contribution is 6.00. The zero-order valence-corrected chi connectivity index (χ0v) is 13.3. The van der Waals surface area contributed by atoms with Crippen molar-refractivity contribution in [3.8, 4) is 0 Å². The molecule has 0 fully saturated rings. The predicted octanol–water partition coefficient (Wildman–Crippen LogP) is 3.45. The third kappa shape index (κ3) is 2.92. The van der Waals surface area contributed by atoms with E-state index in [9.17, 15) is 4.79 Å². The van der Waals surface area contributed by atoms with Crippen molar-refractivity contribution in [3.63, 3.8) is 0 Å². The van der Waals surface area contributed by atoms with Gasteiger partial charge in [0.05, 0.1) is 0 Å². The fraction of sp³-hybridized carbons (Fsp3) is 0. The van der Waals surface area contributed by atoms with Crippen LogP contribution in [0, 0.1) is 0 Å². The van der Waals surface area contributed by atoms with E-state index < -0.39 is 0 Å². The zero-order chi connectivity index (χ0) is 17.2. The number of hydrogen-bond acceptors (Lipinski definition) is 5. The van der Waals surface area contributed by atoms with Crippen molar-refractivity contribution in [1.82, 2.24) is 14.8 Å². The number of hydrogen-bond donors (Lipinski definition) is 2. The van der Waals surface area contributed by atoms with Crippen LogP contribution in [0.25, 0.3) is 10.8 Å². The monoisotopic (exact) mass is 329 g/mol. The minimum absolute atomic E-state index is 0.0385. The molecule has 6 heteroatoms. The number of carbonyl (C=O) groups is 1. The highest BCUT2D eigenvalue weighted by Crippen LogP contribution is 2.18. The predicted molar refractivity (Wildman–Crippen MR) is 97.8 cm³/mol. The molecule has 0 saturated heterocycles. The lowest BCUT2D eigenvalue weighted by atomic mass is 10.1. The molecule has 0 saturated carbocycles. The van der Waals surface area contributed by atoms with E-state index in [1.165, 1.54) is 0 Å². The maximum Gasteiger partial charge on any atom is 0.281 e. The summed E-state index contributed by atoms with van der Waals surface area (Å²) in [5.41, 5.74) is 7.19. The van der Waals surface area contributed by atoms with Crippen LogP contribution in [-0.4, -0.2) is 20.7 Å². The second kappa shape index (κ2) is 6.09. The van der Waals surface area contributed by atoms with Crippen LogP contribution in [0.2, 0.25) is 0 Å². The second-order valence-corrected chi connectivity index (χ2v) is 5.56. The van der Waals surface area contributed by atoms with Crippen LogP contribution in [-0.2, 0) is 0 Å². The topological polar surface area (TPSA) is 85.8 Å². The van der Waals surface area contributed by atoms with Gasteiger partial charge in [-0.15, -0.1) is 5.10 Å². The Morgan fingerprint density at radius 1 is 0.920 bits per heavy atom. The lowest BCUT2D eigenvalue weighted by Gasteiger charge is -2.04. The number of benzene rings is 3. The smallest absolute Gasteiger partial charge is 0.281 e. The van der Waals surface area contributed by atoms with Gasteiger partial charge in [-0.05, 0) is 35.0 Å². The number of para-hydroxylation sites is 1. The molecule has 0 spiro atoms. The summed E-state index contributed by atoms with van der Waals surface area (Å²) < 4.78 is 1.11. The number of nitrogens with zero attached hydrogens (tertiary/aromatic N) is 3. The SMILES string of the molecule is Nc1nc(Nc2ccccc2)nn1C(=O)c1ccc2ccccc2c1. The molecule has 25 heavy (non-hydrogen) atoms. The molecule has 1 aromatic heterocycles. The lowest BCUT2D eigenvalue weighted by Crippen LogP contribution is -2.16. The van der Waals surface area contributed by atoms with Crippen molar-refractivity contribution < 1.29 is 4.79 Å². The van der Waals surface area contributed by atoms with Crippen molar-refractivity contribution in [2.75, 3.05) is 11.1 Å². The Balaban J connectivity index is 1.65. The van der Waals surface area contributed by atoms with Gasteiger partial charge in [0.2, 0.25) is 11.9 Å². The summed E-state index contributed by atoms with van der Waals surface area (Å²) in [5.74, 6) is -0.00806. The highest BCUT2D eigenvalue weighted by Gasteiger charge is 2.16. The molecule has 0 amide bonds. The van der Waals surface area contributed by atoms with Gasteiger partial charge in [-0.3, -0.25) is 4.79 Å². The fourth-order valence-corrected chi connectivity index (χ4v) is 2.62. The van der Waals surface area contributed by atoms with Gasteiger partial charge in [0.15, 0.2) is 0 Å². The van der Waals surface area contributed by atoms with Crippen LogP contribution in [0.3, 0.4) is 0 Å². The van der Waals surface area contributed by atoms with Crippen LogP contribution >= 0.6 is 0 Å².